The predicted octanol–water partition coefficient (Wildman–Crippen LogP) is 1.85. The Morgan fingerprint density at radius 2 is 2.31 bits per heavy atom. The zero-order chi connectivity index (χ0) is 18.7. The fourth-order valence-corrected chi connectivity index (χ4v) is 3.04. The number of amides is 2. The molecule has 0 bridgehead atoms. The topological polar surface area (TPSA) is 114 Å². The average Bonchev–Trinajstić information content (AvgIpc) is 3.09. The van der Waals surface area contributed by atoms with Gasteiger partial charge in [0.05, 0.1) is 17.6 Å². The smallest absolute Gasteiger partial charge is 0.407 e. The number of piperidine rings is 1. The Labute approximate surface area is 150 Å². The van der Waals surface area contributed by atoms with Gasteiger partial charge >= 0.3 is 6.09 Å². The summed E-state index contributed by atoms with van der Waals surface area (Å²) in [6.45, 7) is 0.903. The van der Waals surface area contributed by atoms with Crippen LogP contribution in [0.5, 0.6) is 0 Å². The summed E-state index contributed by atoms with van der Waals surface area (Å²) in [4.78, 5) is 38.1. The maximum Gasteiger partial charge on any atom is 0.407 e. The lowest BCUT2D eigenvalue weighted by molar-refractivity contribution is 0.100. The third-order valence-electron chi connectivity index (χ3n) is 4.26. The molecular formula is C17H22N6O3. The highest BCUT2D eigenvalue weighted by Gasteiger charge is 2.25. The maximum absolute atomic E-state index is 12.5. The molecule has 3 rings (SSSR count). The minimum atomic E-state index is -0.926. The number of carboxylic acid groups (broad SMARTS) is 1. The molecule has 26 heavy (non-hydrogen) atoms. The van der Waals surface area contributed by atoms with Crippen LogP contribution < -0.4 is 5.32 Å². The van der Waals surface area contributed by atoms with Gasteiger partial charge in [-0.3, -0.25) is 4.79 Å². The summed E-state index contributed by atoms with van der Waals surface area (Å²) in [6.07, 6.45) is 5.36. The molecule has 2 amide bonds. The van der Waals surface area contributed by atoms with Crippen molar-refractivity contribution in [1.29, 1.82) is 0 Å². The van der Waals surface area contributed by atoms with Crippen LogP contribution >= 0.6 is 0 Å². The minimum Gasteiger partial charge on any atom is -0.465 e. The summed E-state index contributed by atoms with van der Waals surface area (Å²) in [5.41, 5.74) is 1.66. The summed E-state index contributed by atoms with van der Waals surface area (Å²) < 4.78 is 0. The zero-order valence-electron chi connectivity index (χ0n) is 14.8. The highest BCUT2D eigenvalue weighted by Crippen LogP contribution is 2.28. The second kappa shape index (κ2) is 7.42. The van der Waals surface area contributed by atoms with E-state index in [0.29, 0.717) is 30.0 Å². The molecule has 3 N–H and O–H groups in total. The van der Waals surface area contributed by atoms with Gasteiger partial charge in [0, 0.05) is 51.0 Å². The van der Waals surface area contributed by atoms with Crippen LogP contribution in [0.15, 0.2) is 23.5 Å². The lowest BCUT2D eigenvalue weighted by Gasteiger charge is -2.32. The summed E-state index contributed by atoms with van der Waals surface area (Å²) >= 11 is 0. The maximum atomic E-state index is 12.5. The quantitative estimate of drug-likeness (QED) is 0.568. The molecule has 3 heterocycles. The van der Waals surface area contributed by atoms with E-state index in [1.165, 1.54) is 17.4 Å². The predicted molar refractivity (Wildman–Crippen MR) is 98.8 cm³/mol. The lowest BCUT2D eigenvalue weighted by atomic mass is 10.0. The van der Waals surface area contributed by atoms with Crippen molar-refractivity contribution < 1.29 is 14.7 Å². The number of rotatable bonds is 4. The second-order valence-corrected chi connectivity index (χ2v) is 6.51. The number of hydrogen-bond acceptors (Lipinski definition) is 4. The number of likely N-dealkylation sites (tertiary alicyclic amines) is 1. The van der Waals surface area contributed by atoms with Crippen molar-refractivity contribution >= 4 is 35.1 Å². The minimum absolute atomic E-state index is 0.0790. The Morgan fingerprint density at radius 3 is 3.04 bits per heavy atom. The molecule has 2 aromatic heterocycles. The molecule has 9 heteroatoms. The summed E-state index contributed by atoms with van der Waals surface area (Å²) in [6, 6.07) is 1.76. The van der Waals surface area contributed by atoms with E-state index in [9.17, 15) is 14.7 Å². The molecule has 9 nitrogen and oxygen atoms in total. The first-order valence-electron chi connectivity index (χ1n) is 8.41. The number of carbonyl (C=O) groups is 2. The average molecular weight is 358 g/mol. The first-order valence-corrected chi connectivity index (χ1v) is 8.41. The first-order chi connectivity index (χ1) is 12.5. The molecule has 1 fully saturated rings. The fraction of sp³-hybridized carbons (Fsp3) is 0.412. The molecular weight excluding hydrogens is 336 g/mol. The van der Waals surface area contributed by atoms with E-state index in [-0.39, 0.29) is 6.04 Å². The summed E-state index contributed by atoms with van der Waals surface area (Å²) in [5, 5.41) is 13.4. The highest BCUT2D eigenvalue weighted by atomic mass is 16.4. The Kier molecular flexibility index (Phi) is 5.06. The molecule has 0 spiro atoms. The SMILES string of the molecule is CN(C)C=NC(=O)c1cnc2[nH]ccc2c1N[C@@H]1CCCN(C(=O)O)C1. The molecule has 0 aromatic carbocycles. The van der Waals surface area contributed by atoms with Crippen LogP contribution in [0.25, 0.3) is 11.0 Å². The van der Waals surface area contributed by atoms with Gasteiger partial charge in [-0.05, 0) is 18.9 Å². The van der Waals surface area contributed by atoms with Crippen molar-refractivity contribution in [2.24, 2.45) is 4.99 Å². The van der Waals surface area contributed by atoms with Gasteiger partial charge < -0.3 is 25.2 Å². The van der Waals surface area contributed by atoms with Crippen molar-refractivity contribution in [2.45, 2.75) is 18.9 Å². The molecule has 138 valence electrons. The van der Waals surface area contributed by atoms with E-state index in [2.05, 4.69) is 20.3 Å². The van der Waals surface area contributed by atoms with Gasteiger partial charge in [-0.2, -0.15) is 4.99 Å². The van der Waals surface area contributed by atoms with Crippen LogP contribution in [-0.4, -0.2) is 76.4 Å². The van der Waals surface area contributed by atoms with E-state index >= 15 is 0 Å². The zero-order valence-corrected chi connectivity index (χ0v) is 14.8. The van der Waals surface area contributed by atoms with Crippen LogP contribution in [0.2, 0.25) is 0 Å². The van der Waals surface area contributed by atoms with Crippen LogP contribution in [-0.2, 0) is 0 Å². The molecule has 1 atom stereocenters. The fourth-order valence-electron chi connectivity index (χ4n) is 3.04. The highest BCUT2D eigenvalue weighted by molar-refractivity contribution is 6.08. The van der Waals surface area contributed by atoms with Gasteiger partial charge in [0.2, 0.25) is 0 Å². The number of aliphatic imine (C=N–C) groups is 1. The van der Waals surface area contributed by atoms with E-state index in [1.807, 2.05) is 6.07 Å². The van der Waals surface area contributed by atoms with Crippen molar-refractivity contribution in [3.63, 3.8) is 0 Å². The number of nitrogens with one attached hydrogen (secondary N) is 2. The van der Waals surface area contributed by atoms with Gasteiger partial charge in [-0.15, -0.1) is 0 Å². The molecule has 1 aliphatic heterocycles. The van der Waals surface area contributed by atoms with Gasteiger partial charge in [-0.25, -0.2) is 9.78 Å². The normalized spacial score (nSPS) is 17.6. The molecule has 0 unspecified atom stereocenters. The monoisotopic (exact) mass is 358 g/mol. The van der Waals surface area contributed by atoms with Crippen LogP contribution in [0.4, 0.5) is 10.5 Å². The van der Waals surface area contributed by atoms with Crippen molar-refractivity contribution in [3.05, 3.63) is 24.0 Å². The Hall–Kier alpha value is -3.10. The number of hydrogen-bond donors (Lipinski definition) is 3. The largest absolute Gasteiger partial charge is 0.465 e. The Bertz CT molecular complexity index is 844. The summed E-state index contributed by atoms with van der Waals surface area (Å²) in [7, 11) is 3.57. The van der Waals surface area contributed by atoms with E-state index in [1.54, 1.807) is 25.2 Å². The number of carbonyl (C=O) groups excluding carboxylic acids is 1. The number of anilines is 1. The number of nitrogens with zero attached hydrogens (tertiary/aromatic N) is 4. The molecule has 0 saturated carbocycles. The third kappa shape index (κ3) is 3.76. The molecule has 0 radical (unpaired) electrons. The van der Waals surface area contributed by atoms with Gasteiger partial charge in [-0.1, -0.05) is 0 Å². The van der Waals surface area contributed by atoms with Gasteiger partial charge in [0.15, 0.2) is 0 Å². The Morgan fingerprint density at radius 1 is 1.50 bits per heavy atom. The summed E-state index contributed by atoms with van der Waals surface area (Å²) in [5.74, 6) is -0.400. The Balaban J connectivity index is 1.92. The van der Waals surface area contributed by atoms with E-state index in [4.69, 9.17) is 0 Å². The van der Waals surface area contributed by atoms with Gasteiger partial charge in [0.1, 0.15) is 5.65 Å². The number of fused-ring (bicyclic) bond motifs is 1. The van der Waals surface area contributed by atoms with Crippen molar-refractivity contribution in [2.75, 3.05) is 32.5 Å². The van der Waals surface area contributed by atoms with Crippen molar-refractivity contribution in [1.82, 2.24) is 19.8 Å². The number of pyridine rings is 1. The number of aromatic amines is 1. The van der Waals surface area contributed by atoms with Crippen LogP contribution in [0.1, 0.15) is 23.2 Å². The van der Waals surface area contributed by atoms with Gasteiger partial charge in [0.25, 0.3) is 5.91 Å². The van der Waals surface area contributed by atoms with E-state index < -0.39 is 12.0 Å². The third-order valence-corrected chi connectivity index (χ3v) is 4.26. The van der Waals surface area contributed by atoms with Crippen molar-refractivity contribution in [3.8, 4) is 0 Å². The standard InChI is InChI=1S/C17H22N6O3/c1-22(2)10-20-16(24)13-8-19-15-12(5-6-18-15)14(13)21-11-4-3-7-23(9-11)17(25)26/h5-6,8,10-11H,3-4,7,9H2,1-2H3,(H,25,26)(H2,18,19,21)/t11-/m1/s1. The van der Waals surface area contributed by atoms with Crippen LogP contribution in [0, 0.1) is 0 Å². The lowest BCUT2D eigenvalue weighted by Crippen LogP contribution is -2.44. The second-order valence-electron chi connectivity index (χ2n) is 6.51. The number of aromatic nitrogens is 2. The molecule has 0 aliphatic carbocycles. The molecule has 1 saturated heterocycles. The first kappa shape index (κ1) is 17.7. The van der Waals surface area contributed by atoms with E-state index in [0.717, 1.165) is 18.2 Å². The van der Waals surface area contributed by atoms with Crippen LogP contribution in [0.3, 0.4) is 0 Å². The molecule has 2 aromatic rings. The molecule has 1 aliphatic rings. The number of H-pyrrole nitrogens is 1.